The second-order valence-electron chi connectivity index (χ2n) is 7.18. The smallest absolute Gasteiger partial charge is 0.268 e. The Labute approximate surface area is 185 Å². The molecule has 1 unspecified atom stereocenters. The van der Waals surface area contributed by atoms with Gasteiger partial charge in [0, 0.05) is 16.3 Å². The maximum absolute atomic E-state index is 12.9. The Balaban J connectivity index is 1.60. The van der Waals surface area contributed by atoms with Gasteiger partial charge in [-0.3, -0.25) is 9.59 Å². The van der Waals surface area contributed by atoms with Crippen LogP contribution in [0.3, 0.4) is 0 Å². The molecule has 6 nitrogen and oxygen atoms in total. The van der Waals surface area contributed by atoms with Crippen LogP contribution >= 0.6 is 11.6 Å². The third-order valence-corrected chi connectivity index (χ3v) is 5.24. The van der Waals surface area contributed by atoms with Crippen LogP contribution in [0.5, 0.6) is 11.5 Å². The van der Waals surface area contributed by atoms with Crippen molar-refractivity contribution in [2.75, 3.05) is 17.3 Å². The fourth-order valence-corrected chi connectivity index (χ4v) is 3.62. The number of halogens is 1. The van der Waals surface area contributed by atoms with Gasteiger partial charge in [-0.2, -0.15) is 0 Å². The fraction of sp³-hybridized carbons (Fsp3) is 0.167. The molecule has 0 bridgehead atoms. The van der Waals surface area contributed by atoms with Crippen LogP contribution in [0.15, 0.2) is 66.7 Å². The topological polar surface area (TPSA) is 67.9 Å². The molecule has 0 aromatic heterocycles. The minimum absolute atomic E-state index is 0.161. The molecule has 31 heavy (non-hydrogen) atoms. The molecule has 0 spiro atoms. The first-order chi connectivity index (χ1) is 14.9. The molecule has 2 amide bonds. The minimum atomic E-state index is -0.605. The number of methoxy groups -OCH3 is 1. The van der Waals surface area contributed by atoms with Gasteiger partial charge in [-0.25, -0.2) is 0 Å². The highest BCUT2D eigenvalue weighted by Crippen LogP contribution is 2.37. The average molecular weight is 437 g/mol. The van der Waals surface area contributed by atoms with Gasteiger partial charge < -0.3 is 19.7 Å². The SMILES string of the molecule is COc1ccc(C(=O)Nc2ccc3c(c2)N(Cc2cccc(Cl)c2)C(=O)C(C)O3)cc1. The molecule has 0 saturated heterocycles. The van der Waals surface area contributed by atoms with Crippen molar-refractivity contribution in [3.05, 3.63) is 82.9 Å². The quantitative estimate of drug-likeness (QED) is 0.616. The molecular formula is C24H21ClN2O4. The van der Waals surface area contributed by atoms with Crippen LogP contribution in [0.2, 0.25) is 5.02 Å². The van der Waals surface area contributed by atoms with Crippen molar-refractivity contribution in [1.29, 1.82) is 0 Å². The van der Waals surface area contributed by atoms with E-state index in [1.165, 1.54) is 0 Å². The maximum Gasteiger partial charge on any atom is 0.268 e. The molecule has 158 valence electrons. The lowest BCUT2D eigenvalue weighted by Gasteiger charge is -2.33. The van der Waals surface area contributed by atoms with E-state index in [-0.39, 0.29) is 11.8 Å². The molecule has 3 aromatic rings. The van der Waals surface area contributed by atoms with Gasteiger partial charge in [-0.05, 0) is 67.1 Å². The maximum atomic E-state index is 12.9. The van der Waals surface area contributed by atoms with Gasteiger partial charge >= 0.3 is 0 Å². The molecule has 3 aromatic carbocycles. The average Bonchev–Trinajstić information content (AvgIpc) is 2.77. The number of nitrogens with one attached hydrogen (secondary N) is 1. The number of ether oxygens (including phenoxy) is 2. The van der Waals surface area contributed by atoms with Crippen molar-refractivity contribution in [3.8, 4) is 11.5 Å². The summed E-state index contributed by atoms with van der Waals surface area (Å²) in [5, 5.41) is 3.47. The number of hydrogen-bond donors (Lipinski definition) is 1. The van der Waals surface area contributed by atoms with Gasteiger partial charge in [0.1, 0.15) is 11.5 Å². The summed E-state index contributed by atoms with van der Waals surface area (Å²) in [6.45, 7) is 2.06. The second kappa shape index (κ2) is 8.70. The molecule has 1 aliphatic heterocycles. The van der Waals surface area contributed by atoms with E-state index < -0.39 is 6.10 Å². The van der Waals surface area contributed by atoms with Crippen molar-refractivity contribution < 1.29 is 19.1 Å². The molecule has 0 radical (unpaired) electrons. The first kappa shape index (κ1) is 20.8. The molecule has 1 aliphatic rings. The Morgan fingerprint density at radius 1 is 1.13 bits per heavy atom. The monoisotopic (exact) mass is 436 g/mol. The van der Waals surface area contributed by atoms with Crippen LogP contribution in [0.1, 0.15) is 22.8 Å². The lowest BCUT2D eigenvalue weighted by atomic mass is 10.1. The minimum Gasteiger partial charge on any atom is -0.497 e. The predicted octanol–water partition coefficient (Wildman–Crippen LogP) is 4.92. The number of amides is 2. The number of rotatable bonds is 5. The van der Waals surface area contributed by atoms with Crippen LogP contribution in [0.4, 0.5) is 11.4 Å². The van der Waals surface area contributed by atoms with Crippen molar-refractivity contribution in [1.82, 2.24) is 0 Å². The molecular weight excluding hydrogens is 416 g/mol. The fourth-order valence-electron chi connectivity index (χ4n) is 3.41. The molecule has 7 heteroatoms. The van der Waals surface area contributed by atoms with Crippen molar-refractivity contribution in [3.63, 3.8) is 0 Å². The summed E-state index contributed by atoms with van der Waals surface area (Å²) >= 11 is 6.10. The van der Waals surface area contributed by atoms with Crippen molar-refractivity contribution in [2.24, 2.45) is 0 Å². The van der Waals surface area contributed by atoms with Crippen molar-refractivity contribution in [2.45, 2.75) is 19.6 Å². The van der Waals surface area contributed by atoms with Gasteiger partial charge in [-0.1, -0.05) is 23.7 Å². The number of hydrogen-bond acceptors (Lipinski definition) is 4. The molecule has 0 saturated carbocycles. The summed E-state index contributed by atoms with van der Waals surface area (Å²) in [7, 11) is 1.57. The Morgan fingerprint density at radius 2 is 1.90 bits per heavy atom. The highest BCUT2D eigenvalue weighted by atomic mass is 35.5. The Hall–Kier alpha value is -3.51. The third-order valence-electron chi connectivity index (χ3n) is 5.01. The number of benzene rings is 3. The van der Waals surface area contributed by atoms with E-state index >= 15 is 0 Å². The zero-order valence-corrected chi connectivity index (χ0v) is 17.8. The van der Waals surface area contributed by atoms with Gasteiger partial charge in [0.2, 0.25) is 0 Å². The molecule has 4 rings (SSSR count). The number of fused-ring (bicyclic) bond motifs is 1. The van der Waals surface area contributed by atoms with Crippen LogP contribution in [0.25, 0.3) is 0 Å². The Bertz CT molecular complexity index is 1130. The number of carbonyl (C=O) groups is 2. The summed E-state index contributed by atoms with van der Waals surface area (Å²) in [5.74, 6) is 0.829. The van der Waals surface area contributed by atoms with Crippen LogP contribution in [0, 0.1) is 0 Å². The zero-order valence-electron chi connectivity index (χ0n) is 17.1. The Kier molecular flexibility index (Phi) is 5.82. The van der Waals surface area contributed by atoms with Gasteiger partial charge in [0.25, 0.3) is 11.8 Å². The Morgan fingerprint density at radius 3 is 2.61 bits per heavy atom. The van der Waals surface area contributed by atoms with E-state index in [9.17, 15) is 9.59 Å². The first-order valence-electron chi connectivity index (χ1n) is 9.76. The van der Waals surface area contributed by atoms with Crippen LogP contribution in [-0.4, -0.2) is 25.0 Å². The van der Waals surface area contributed by atoms with E-state index in [0.717, 1.165) is 5.56 Å². The van der Waals surface area contributed by atoms with Crippen LogP contribution < -0.4 is 19.7 Å². The molecule has 0 fully saturated rings. The van der Waals surface area contributed by atoms with Gasteiger partial charge in [-0.15, -0.1) is 0 Å². The molecule has 1 heterocycles. The van der Waals surface area contributed by atoms with E-state index in [1.54, 1.807) is 67.5 Å². The molecule has 1 atom stereocenters. The van der Waals surface area contributed by atoms with Gasteiger partial charge in [0.15, 0.2) is 6.10 Å². The number of anilines is 2. The van der Waals surface area contributed by atoms with Crippen molar-refractivity contribution >= 4 is 34.8 Å². The zero-order chi connectivity index (χ0) is 22.0. The summed E-state index contributed by atoms with van der Waals surface area (Å²) in [5.41, 5.74) is 2.54. The molecule has 1 N–H and O–H groups in total. The van der Waals surface area contributed by atoms with E-state index in [1.807, 2.05) is 18.2 Å². The predicted molar refractivity (Wildman–Crippen MR) is 120 cm³/mol. The highest BCUT2D eigenvalue weighted by molar-refractivity contribution is 6.30. The second-order valence-corrected chi connectivity index (χ2v) is 7.62. The highest BCUT2D eigenvalue weighted by Gasteiger charge is 2.32. The lowest BCUT2D eigenvalue weighted by molar-refractivity contribution is -0.125. The summed E-state index contributed by atoms with van der Waals surface area (Å²) in [6, 6.07) is 19.4. The standard InChI is InChI=1S/C24H21ClN2O4/c1-15-24(29)27(14-16-4-3-5-18(25)12-16)21-13-19(8-11-22(21)31-15)26-23(28)17-6-9-20(30-2)10-7-17/h3-13,15H,14H2,1-2H3,(H,26,28). The number of carbonyl (C=O) groups excluding carboxylic acids is 2. The lowest BCUT2D eigenvalue weighted by Crippen LogP contribution is -2.44. The van der Waals surface area contributed by atoms with E-state index in [0.29, 0.717) is 40.0 Å². The number of nitrogens with zero attached hydrogens (tertiary/aromatic N) is 1. The largest absolute Gasteiger partial charge is 0.497 e. The molecule has 0 aliphatic carbocycles. The first-order valence-corrected chi connectivity index (χ1v) is 10.1. The normalized spacial score (nSPS) is 15.1. The summed E-state index contributed by atoms with van der Waals surface area (Å²) < 4.78 is 10.9. The van der Waals surface area contributed by atoms with E-state index in [4.69, 9.17) is 21.1 Å². The van der Waals surface area contributed by atoms with E-state index in [2.05, 4.69) is 5.32 Å². The van der Waals surface area contributed by atoms with Crippen LogP contribution in [-0.2, 0) is 11.3 Å². The van der Waals surface area contributed by atoms with Gasteiger partial charge in [0.05, 0.1) is 19.3 Å². The summed E-state index contributed by atoms with van der Waals surface area (Å²) in [6.07, 6.45) is -0.605. The third kappa shape index (κ3) is 4.49. The summed E-state index contributed by atoms with van der Waals surface area (Å²) in [4.78, 5) is 27.1.